The average molecular weight is 242 g/mol. The highest BCUT2D eigenvalue weighted by Gasteiger charge is 2.06. The smallest absolute Gasteiger partial charge is 0.189 e. The summed E-state index contributed by atoms with van der Waals surface area (Å²) < 4.78 is 13.3. The van der Waals surface area contributed by atoms with Crippen LogP contribution in [-0.4, -0.2) is 10.9 Å². The monoisotopic (exact) mass is 242 g/mol. The summed E-state index contributed by atoms with van der Waals surface area (Å²) in [4.78, 5) is 11.8. The third-order valence-corrected chi connectivity index (χ3v) is 2.49. The van der Waals surface area contributed by atoms with Crippen LogP contribution in [-0.2, 0) is 0 Å². The molecule has 0 saturated heterocycles. The number of carbonyl (C=O) groups excluding carboxylic acids is 1. The molecule has 90 valence electrons. The summed E-state index contributed by atoms with van der Waals surface area (Å²) in [7, 11) is 0. The molecule has 0 atom stereocenters. The molecule has 0 aromatic heterocycles. The summed E-state index contributed by atoms with van der Waals surface area (Å²) in [6.07, 6.45) is 2.64. The van der Waals surface area contributed by atoms with E-state index in [1.165, 1.54) is 30.4 Å². The van der Waals surface area contributed by atoms with E-state index in [4.69, 9.17) is 0 Å². The molecule has 0 fully saturated rings. The Balaban J connectivity index is 2.23. The number of halogens is 1. The van der Waals surface area contributed by atoms with E-state index < -0.39 is 0 Å². The summed E-state index contributed by atoms with van der Waals surface area (Å²) in [5.41, 5.74) is 0.534. The van der Waals surface area contributed by atoms with E-state index in [9.17, 15) is 14.3 Å². The Bertz CT molecular complexity index is 603. The first kappa shape index (κ1) is 12.0. The normalized spacial score (nSPS) is 10.7. The molecule has 0 aliphatic heterocycles. The van der Waals surface area contributed by atoms with Gasteiger partial charge in [-0.3, -0.25) is 4.79 Å². The highest BCUT2D eigenvalue weighted by molar-refractivity contribution is 6.08. The highest BCUT2D eigenvalue weighted by Crippen LogP contribution is 2.17. The van der Waals surface area contributed by atoms with Gasteiger partial charge in [-0.05, 0) is 30.4 Å². The van der Waals surface area contributed by atoms with Gasteiger partial charge >= 0.3 is 0 Å². The van der Waals surface area contributed by atoms with Crippen LogP contribution in [0.25, 0.3) is 6.08 Å². The second-order valence-electron chi connectivity index (χ2n) is 3.74. The van der Waals surface area contributed by atoms with Crippen molar-refractivity contribution in [1.29, 1.82) is 0 Å². The zero-order valence-electron chi connectivity index (χ0n) is 9.51. The van der Waals surface area contributed by atoms with E-state index in [1.54, 1.807) is 30.3 Å². The number of phenolic OH excluding ortho intramolecular Hbond substituents is 1. The molecule has 0 radical (unpaired) electrons. The number of ketones is 1. The van der Waals surface area contributed by atoms with E-state index in [2.05, 4.69) is 0 Å². The van der Waals surface area contributed by atoms with Crippen molar-refractivity contribution in [2.24, 2.45) is 0 Å². The number of hydrogen-bond donors (Lipinski definition) is 1. The maximum atomic E-state index is 13.3. The summed E-state index contributed by atoms with van der Waals surface area (Å²) >= 11 is 0. The van der Waals surface area contributed by atoms with Gasteiger partial charge in [-0.1, -0.05) is 30.3 Å². The first-order chi connectivity index (χ1) is 8.68. The van der Waals surface area contributed by atoms with E-state index in [0.29, 0.717) is 5.56 Å². The SMILES string of the molecule is O=C(/C=C/c1ccccc1F)c1ccccc1O. The molecule has 0 heterocycles. The van der Waals surface area contributed by atoms with Gasteiger partial charge in [-0.2, -0.15) is 0 Å². The Labute approximate surface area is 104 Å². The molecule has 2 nitrogen and oxygen atoms in total. The molecule has 1 N–H and O–H groups in total. The zero-order valence-corrected chi connectivity index (χ0v) is 9.51. The Morgan fingerprint density at radius 2 is 1.72 bits per heavy atom. The first-order valence-corrected chi connectivity index (χ1v) is 5.43. The van der Waals surface area contributed by atoms with E-state index in [0.717, 1.165) is 0 Å². The number of rotatable bonds is 3. The fraction of sp³-hybridized carbons (Fsp3) is 0. The predicted octanol–water partition coefficient (Wildman–Crippen LogP) is 3.43. The van der Waals surface area contributed by atoms with E-state index >= 15 is 0 Å². The molecule has 0 spiro atoms. The third kappa shape index (κ3) is 2.63. The van der Waals surface area contributed by atoms with Crippen molar-refractivity contribution in [3.8, 4) is 5.75 Å². The minimum Gasteiger partial charge on any atom is -0.507 e. The standard InChI is InChI=1S/C15H11FO2/c16-13-7-3-1-5-11(13)9-10-15(18)12-6-2-4-8-14(12)17/h1-10,17H/b10-9+. The minimum atomic E-state index is -0.390. The Hall–Kier alpha value is -2.42. The van der Waals surface area contributed by atoms with Crippen molar-refractivity contribution in [2.45, 2.75) is 0 Å². The number of benzene rings is 2. The van der Waals surface area contributed by atoms with Crippen molar-refractivity contribution in [2.75, 3.05) is 0 Å². The molecule has 0 unspecified atom stereocenters. The molecule has 2 rings (SSSR count). The van der Waals surface area contributed by atoms with Crippen LogP contribution in [0.4, 0.5) is 4.39 Å². The molecule has 0 amide bonds. The lowest BCUT2D eigenvalue weighted by molar-refractivity contribution is 0.104. The second kappa shape index (κ2) is 5.27. The van der Waals surface area contributed by atoms with Crippen LogP contribution in [0.3, 0.4) is 0 Å². The van der Waals surface area contributed by atoms with Gasteiger partial charge in [0.1, 0.15) is 11.6 Å². The Morgan fingerprint density at radius 3 is 2.44 bits per heavy atom. The molecule has 3 heteroatoms. The van der Waals surface area contributed by atoms with Crippen molar-refractivity contribution < 1.29 is 14.3 Å². The van der Waals surface area contributed by atoms with Gasteiger partial charge in [0.2, 0.25) is 0 Å². The van der Waals surface area contributed by atoms with E-state index in [-0.39, 0.29) is 22.9 Å². The highest BCUT2D eigenvalue weighted by atomic mass is 19.1. The van der Waals surface area contributed by atoms with Crippen LogP contribution in [0.15, 0.2) is 54.6 Å². The van der Waals surface area contributed by atoms with Gasteiger partial charge in [0.25, 0.3) is 0 Å². The van der Waals surface area contributed by atoms with Crippen molar-refractivity contribution in [3.05, 3.63) is 71.6 Å². The molecular weight excluding hydrogens is 231 g/mol. The molecule has 18 heavy (non-hydrogen) atoms. The van der Waals surface area contributed by atoms with Crippen LogP contribution < -0.4 is 0 Å². The zero-order chi connectivity index (χ0) is 13.0. The Morgan fingerprint density at radius 1 is 1.06 bits per heavy atom. The van der Waals surface area contributed by atoms with Gasteiger partial charge in [0, 0.05) is 5.56 Å². The molecule has 0 saturated carbocycles. The van der Waals surface area contributed by atoms with Crippen LogP contribution in [0.5, 0.6) is 5.75 Å². The first-order valence-electron chi connectivity index (χ1n) is 5.43. The summed E-state index contributed by atoms with van der Waals surface area (Å²) in [5, 5.41) is 9.50. The molecule has 2 aromatic rings. The number of carbonyl (C=O) groups is 1. The van der Waals surface area contributed by atoms with Gasteiger partial charge in [0.15, 0.2) is 5.78 Å². The molecule has 0 bridgehead atoms. The number of para-hydroxylation sites is 1. The number of hydrogen-bond acceptors (Lipinski definition) is 2. The Kier molecular flexibility index (Phi) is 3.53. The lowest BCUT2D eigenvalue weighted by Crippen LogP contribution is -1.94. The minimum absolute atomic E-state index is 0.0827. The lowest BCUT2D eigenvalue weighted by atomic mass is 10.1. The van der Waals surface area contributed by atoms with Gasteiger partial charge in [-0.15, -0.1) is 0 Å². The molecule has 0 aliphatic carbocycles. The molecular formula is C15H11FO2. The number of allylic oxidation sites excluding steroid dienone is 1. The second-order valence-corrected chi connectivity index (χ2v) is 3.74. The van der Waals surface area contributed by atoms with Crippen LogP contribution >= 0.6 is 0 Å². The van der Waals surface area contributed by atoms with Crippen molar-refractivity contribution in [1.82, 2.24) is 0 Å². The quantitative estimate of drug-likeness (QED) is 0.661. The van der Waals surface area contributed by atoms with Gasteiger partial charge in [-0.25, -0.2) is 4.39 Å². The fourth-order valence-corrected chi connectivity index (χ4v) is 1.55. The lowest BCUT2D eigenvalue weighted by Gasteiger charge is -1.99. The fourth-order valence-electron chi connectivity index (χ4n) is 1.55. The van der Waals surface area contributed by atoms with Crippen LogP contribution in [0, 0.1) is 5.82 Å². The number of phenols is 1. The largest absolute Gasteiger partial charge is 0.507 e. The van der Waals surface area contributed by atoms with Gasteiger partial charge in [0.05, 0.1) is 5.56 Å². The average Bonchev–Trinajstić information content (AvgIpc) is 2.38. The molecule has 2 aromatic carbocycles. The maximum absolute atomic E-state index is 13.3. The number of aromatic hydroxyl groups is 1. The van der Waals surface area contributed by atoms with Crippen LogP contribution in [0.2, 0.25) is 0 Å². The maximum Gasteiger partial charge on any atom is 0.189 e. The topological polar surface area (TPSA) is 37.3 Å². The predicted molar refractivity (Wildman–Crippen MR) is 67.9 cm³/mol. The summed E-state index contributed by atoms with van der Waals surface area (Å²) in [5.74, 6) is -0.837. The summed E-state index contributed by atoms with van der Waals surface area (Å²) in [6.45, 7) is 0. The third-order valence-electron chi connectivity index (χ3n) is 2.49. The van der Waals surface area contributed by atoms with Crippen molar-refractivity contribution >= 4 is 11.9 Å². The van der Waals surface area contributed by atoms with Crippen molar-refractivity contribution in [3.63, 3.8) is 0 Å². The summed E-state index contributed by atoms with van der Waals surface area (Å²) in [6, 6.07) is 12.4. The van der Waals surface area contributed by atoms with E-state index in [1.807, 2.05) is 0 Å². The van der Waals surface area contributed by atoms with Gasteiger partial charge < -0.3 is 5.11 Å². The van der Waals surface area contributed by atoms with Crippen LogP contribution in [0.1, 0.15) is 15.9 Å². The molecule has 0 aliphatic rings.